The molecular formula is C34H56N2O4. The van der Waals surface area contributed by atoms with Crippen molar-refractivity contribution in [2.24, 2.45) is 34.5 Å². The van der Waals surface area contributed by atoms with Crippen molar-refractivity contribution >= 4 is 11.9 Å². The maximum absolute atomic E-state index is 12.7. The van der Waals surface area contributed by atoms with Crippen molar-refractivity contribution in [3.8, 4) is 0 Å². The highest BCUT2D eigenvalue weighted by atomic mass is 16.5. The Hall–Kier alpha value is -1.14. The Morgan fingerprint density at radius 3 is 2.05 bits per heavy atom. The van der Waals surface area contributed by atoms with Crippen molar-refractivity contribution in [3.05, 3.63) is 0 Å². The molecule has 0 bridgehead atoms. The molecule has 4 aliphatic carbocycles. The molecule has 6 aliphatic rings. The SMILES string of the molecule is CCC(=O)OC1C(N2CCCCC2)C[C@H]2[C@@H]3CCC4CC(OC(C)=O)C(N5CCCCC5)C[C@]4(C)[C@@H]3CC[C@]12C. The molecule has 4 saturated carbocycles. The van der Waals surface area contributed by atoms with Gasteiger partial charge in [-0.3, -0.25) is 19.4 Å². The van der Waals surface area contributed by atoms with Crippen LogP contribution in [0, 0.1) is 34.5 Å². The van der Waals surface area contributed by atoms with Crippen LogP contribution in [0.4, 0.5) is 0 Å². The van der Waals surface area contributed by atoms with Crippen LogP contribution in [-0.4, -0.2) is 72.2 Å². The van der Waals surface area contributed by atoms with Gasteiger partial charge in [0.15, 0.2) is 0 Å². The molecule has 0 aromatic heterocycles. The molecular weight excluding hydrogens is 500 g/mol. The molecule has 0 spiro atoms. The Bertz CT molecular complexity index is 929. The van der Waals surface area contributed by atoms with E-state index in [9.17, 15) is 9.59 Å². The quantitative estimate of drug-likeness (QED) is 0.375. The lowest BCUT2D eigenvalue weighted by atomic mass is 9.44. The summed E-state index contributed by atoms with van der Waals surface area (Å²) in [5, 5.41) is 0. The number of nitrogens with zero attached hydrogens (tertiary/aromatic N) is 2. The van der Waals surface area contributed by atoms with Crippen LogP contribution >= 0.6 is 0 Å². The Balaban J connectivity index is 1.27. The van der Waals surface area contributed by atoms with Crippen molar-refractivity contribution in [2.75, 3.05) is 26.2 Å². The molecule has 10 atom stereocenters. The van der Waals surface area contributed by atoms with Gasteiger partial charge in [0.05, 0.1) is 0 Å². The third kappa shape index (κ3) is 5.05. The summed E-state index contributed by atoms with van der Waals surface area (Å²) in [6, 6.07) is 0.747. The predicted octanol–water partition coefficient (Wildman–Crippen LogP) is 6.21. The van der Waals surface area contributed by atoms with Gasteiger partial charge in [-0.1, -0.05) is 33.6 Å². The fourth-order valence-corrected chi connectivity index (χ4v) is 11.2. The Kier molecular flexibility index (Phi) is 8.33. The second-order valence-corrected chi connectivity index (χ2v) is 15.1. The molecule has 2 saturated heterocycles. The van der Waals surface area contributed by atoms with E-state index in [1.54, 1.807) is 6.92 Å². The zero-order valence-corrected chi connectivity index (χ0v) is 25.9. The average molecular weight is 557 g/mol. The minimum atomic E-state index is -0.111. The summed E-state index contributed by atoms with van der Waals surface area (Å²) in [5.41, 5.74) is 0.375. The molecule has 6 heteroatoms. The molecule has 0 aromatic rings. The molecule has 2 heterocycles. The average Bonchev–Trinajstić information content (AvgIpc) is 3.25. The lowest BCUT2D eigenvalue weighted by Gasteiger charge is -2.62. The first-order valence-corrected chi connectivity index (χ1v) is 17.1. The second kappa shape index (κ2) is 11.5. The first kappa shape index (κ1) is 29.0. The highest BCUT2D eigenvalue weighted by Crippen LogP contribution is 2.67. The van der Waals surface area contributed by atoms with Crippen molar-refractivity contribution in [2.45, 2.75) is 142 Å². The lowest BCUT2D eigenvalue weighted by Crippen LogP contribution is -2.61. The number of ether oxygens (including phenoxy) is 2. The van der Waals surface area contributed by atoms with E-state index >= 15 is 0 Å². The maximum atomic E-state index is 12.7. The van der Waals surface area contributed by atoms with Crippen LogP contribution in [0.25, 0.3) is 0 Å². The zero-order valence-electron chi connectivity index (χ0n) is 25.9. The van der Waals surface area contributed by atoms with E-state index in [4.69, 9.17) is 9.47 Å². The fraction of sp³-hybridized carbons (Fsp3) is 0.941. The first-order valence-electron chi connectivity index (χ1n) is 17.1. The Morgan fingerprint density at radius 1 is 0.775 bits per heavy atom. The normalized spacial score (nSPS) is 46.1. The zero-order chi connectivity index (χ0) is 28.1. The summed E-state index contributed by atoms with van der Waals surface area (Å²) in [6.07, 6.45) is 16.7. The Morgan fingerprint density at radius 2 is 1.43 bits per heavy atom. The van der Waals surface area contributed by atoms with Gasteiger partial charge < -0.3 is 9.47 Å². The van der Waals surface area contributed by atoms with E-state index in [2.05, 4.69) is 23.6 Å². The van der Waals surface area contributed by atoms with E-state index in [-0.39, 0.29) is 29.6 Å². The van der Waals surface area contributed by atoms with Gasteiger partial charge in [0.25, 0.3) is 0 Å². The molecule has 6 nitrogen and oxygen atoms in total. The minimum Gasteiger partial charge on any atom is -0.461 e. The van der Waals surface area contributed by atoms with Crippen LogP contribution in [0.15, 0.2) is 0 Å². The fourth-order valence-electron chi connectivity index (χ4n) is 11.2. The van der Waals surface area contributed by atoms with Gasteiger partial charge in [0.2, 0.25) is 0 Å². The standard InChI is InChI=1S/C34H56N2O4/c1-5-31(38)40-32-28(35-16-8-6-9-17-35)21-27-25-13-12-24-20-30(39-23(2)37)29(36-18-10-7-11-19-36)22-34(24,4)26(25)14-15-33(27,32)3/h24-30,32H,5-22H2,1-4H3/t24?,25-,26-,27+,28?,29?,30?,32?,33+,34+/m1/s1. The van der Waals surface area contributed by atoms with Crippen LogP contribution < -0.4 is 0 Å². The molecule has 6 rings (SSSR count). The van der Waals surface area contributed by atoms with E-state index in [0.29, 0.717) is 41.7 Å². The molecule has 0 aromatic carbocycles. The molecule has 5 unspecified atom stereocenters. The van der Waals surface area contributed by atoms with Gasteiger partial charge in [-0.05, 0) is 126 Å². The van der Waals surface area contributed by atoms with Crippen molar-refractivity contribution < 1.29 is 19.1 Å². The van der Waals surface area contributed by atoms with E-state index in [1.807, 2.05) is 6.92 Å². The van der Waals surface area contributed by atoms with Crippen molar-refractivity contribution in [3.63, 3.8) is 0 Å². The molecule has 40 heavy (non-hydrogen) atoms. The number of likely N-dealkylation sites (tertiary alicyclic amines) is 2. The summed E-state index contributed by atoms with van der Waals surface area (Å²) < 4.78 is 12.5. The number of rotatable bonds is 5. The van der Waals surface area contributed by atoms with Gasteiger partial charge in [0, 0.05) is 30.8 Å². The smallest absolute Gasteiger partial charge is 0.305 e. The molecule has 0 radical (unpaired) electrons. The topological polar surface area (TPSA) is 59.1 Å². The summed E-state index contributed by atoms with van der Waals surface area (Å²) >= 11 is 0. The molecule has 226 valence electrons. The van der Waals surface area contributed by atoms with Gasteiger partial charge in [-0.2, -0.15) is 0 Å². The highest BCUT2D eigenvalue weighted by Gasteiger charge is 2.65. The van der Waals surface area contributed by atoms with Gasteiger partial charge in [-0.25, -0.2) is 0 Å². The largest absolute Gasteiger partial charge is 0.461 e. The van der Waals surface area contributed by atoms with Gasteiger partial charge in [-0.15, -0.1) is 0 Å². The van der Waals surface area contributed by atoms with Gasteiger partial charge in [0.1, 0.15) is 12.2 Å². The molecule has 0 N–H and O–H groups in total. The second-order valence-electron chi connectivity index (χ2n) is 15.1. The maximum Gasteiger partial charge on any atom is 0.305 e. The van der Waals surface area contributed by atoms with Crippen molar-refractivity contribution in [1.29, 1.82) is 0 Å². The molecule has 0 amide bonds. The number of fused-ring (bicyclic) bond motifs is 5. The first-order chi connectivity index (χ1) is 19.2. The van der Waals surface area contributed by atoms with E-state index in [1.165, 1.54) is 77.0 Å². The summed E-state index contributed by atoms with van der Waals surface area (Å²) in [7, 11) is 0. The van der Waals surface area contributed by atoms with Crippen molar-refractivity contribution in [1.82, 2.24) is 9.80 Å². The summed E-state index contributed by atoms with van der Waals surface area (Å²) in [5.74, 6) is 2.57. The Labute approximate surface area is 243 Å². The third-order valence-corrected chi connectivity index (χ3v) is 13.2. The van der Waals surface area contributed by atoms with Gasteiger partial charge >= 0.3 is 11.9 Å². The van der Waals surface area contributed by atoms with E-state index in [0.717, 1.165) is 38.5 Å². The number of esters is 2. The molecule has 6 fully saturated rings. The number of piperidine rings is 2. The number of carbonyl (C=O) groups excluding carboxylic acids is 2. The van der Waals surface area contributed by atoms with Crippen LogP contribution in [-0.2, 0) is 19.1 Å². The van der Waals surface area contributed by atoms with Crippen LogP contribution in [0.2, 0.25) is 0 Å². The van der Waals surface area contributed by atoms with Crippen LogP contribution in [0.3, 0.4) is 0 Å². The lowest BCUT2D eigenvalue weighted by molar-refractivity contribution is -0.180. The number of carbonyl (C=O) groups is 2. The predicted molar refractivity (Wildman–Crippen MR) is 157 cm³/mol. The minimum absolute atomic E-state index is 0.0140. The van der Waals surface area contributed by atoms with Crippen LogP contribution in [0.1, 0.15) is 118 Å². The summed E-state index contributed by atoms with van der Waals surface area (Å²) in [6.45, 7) is 13.3. The monoisotopic (exact) mass is 556 g/mol. The van der Waals surface area contributed by atoms with Crippen LogP contribution in [0.5, 0.6) is 0 Å². The third-order valence-electron chi connectivity index (χ3n) is 13.2. The number of hydrogen-bond donors (Lipinski definition) is 0. The number of hydrogen-bond acceptors (Lipinski definition) is 6. The van der Waals surface area contributed by atoms with E-state index < -0.39 is 0 Å². The highest BCUT2D eigenvalue weighted by molar-refractivity contribution is 5.69. The summed E-state index contributed by atoms with van der Waals surface area (Å²) in [4.78, 5) is 30.3. The molecule has 2 aliphatic heterocycles.